The highest BCUT2D eigenvalue weighted by Crippen LogP contribution is 2.25. The smallest absolute Gasteiger partial charge is 0.319 e. The molecule has 0 heterocycles. The number of carbonyl (C=O) groups is 2. The number of halogens is 2. The molecule has 1 unspecified atom stereocenters. The number of anilines is 1. The van der Waals surface area contributed by atoms with Crippen LogP contribution in [0, 0.1) is 5.92 Å². The van der Waals surface area contributed by atoms with E-state index in [2.05, 4.69) is 26.6 Å². The Labute approximate surface area is 118 Å². The lowest BCUT2D eigenvalue weighted by atomic mass is 10.2. The molecule has 7 heteroatoms. The predicted octanol–water partition coefficient (Wildman–Crippen LogP) is 2.94. The fraction of sp³-hybridized carbons (Fsp3) is 0.273. The van der Waals surface area contributed by atoms with Gasteiger partial charge in [0.1, 0.15) is 0 Å². The number of amides is 2. The Hall–Kier alpha value is -1.27. The highest BCUT2D eigenvalue weighted by molar-refractivity contribution is 9.10. The topological polar surface area (TPSA) is 78.4 Å². The highest BCUT2D eigenvalue weighted by Gasteiger charge is 2.12. The molecule has 1 atom stereocenters. The molecule has 0 bridgehead atoms. The zero-order valence-electron chi connectivity index (χ0n) is 9.54. The van der Waals surface area contributed by atoms with Crippen LogP contribution in [0.3, 0.4) is 0 Å². The van der Waals surface area contributed by atoms with Crippen molar-refractivity contribution in [3.8, 4) is 0 Å². The van der Waals surface area contributed by atoms with Gasteiger partial charge >= 0.3 is 12.0 Å². The molecule has 0 radical (unpaired) electrons. The molecule has 0 aliphatic carbocycles. The van der Waals surface area contributed by atoms with E-state index in [9.17, 15) is 9.59 Å². The molecule has 3 N–H and O–H groups in total. The summed E-state index contributed by atoms with van der Waals surface area (Å²) in [7, 11) is 0. The van der Waals surface area contributed by atoms with Crippen LogP contribution in [0.2, 0.25) is 5.02 Å². The minimum atomic E-state index is -0.954. The number of benzene rings is 1. The van der Waals surface area contributed by atoms with E-state index in [1.54, 1.807) is 18.2 Å². The van der Waals surface area contributed by atoms with Gasteiger partial charge < -0.3 is 15.7 Å². The van der Waals surface area contributed by atoms with Crippen molar-refractivity contribution in [1.82, 2.24) is 5.32 Å². The Bertz CT molecular complexity index is 468. The van der Waals surface area contributed by atoms with E-state index in [4.69, 9.17) is 16.7 Å². The van der Waals surface area contributed by atoms with Gasteiger partial charge in [0, 0.05) is 16.7 Å². The summed E-state index contributed by atoms with van der Waals surface area (Å²) in [6.07, 6.45) is 0. The van der Waals surface area contributed by atoms with Crippen LogP contribution in [0.4, 0.5) is 10.5 Å². The summed E-state index contributed by atoms with van der Waals surface area (Å²) < 4.78 is 0.667. The van der Waals surface area contributed by atoms with Crippen LogP contribution in [-0.2, 0) is 4.79 Å². The van der Waals surface area contributed by atoms with Crippen LogP contribution >= 0.6 is 27.5 Å². The quantitative estimate of drug-likeness (QED) is 0.791. The second-order valence-corrected chi connectivity index (χ2v) is 4.96. The number of nitrogens with one attached hydrogen (secondary N) is 2. The number of hydrogen-bond donors (Lipinski definition) is 3. The first-order valence-corrected chi connectivity index (χ1v) is 6.30. The first-order valence-electron chi connectivity index (χ1n) is 5.13. The standard InChI is InChI=1S/C11H12BrClN2O3/c1-6(10(16)17)5-14-11(18)15-7-2-3-9(13)8(12)4-7/h2-4,6H,5H2,1H3,(H,16,17)(H2,14,15,18). The van der Waals surface area contributed by atoms with E-state index < -0.39 is 17.9 Å². The summed E-state index contributed by atoms with van der Waals surface area (Å²) in [6.45, 7) is 1.58. The number of carbonyl (C=O) groups excluding carboxylic acids is 1. The van der Waals surface area contributed by atoms with Gasteiger partial charge in [0.25, 0.3) is 0 Å². The molecule has 0 spiro atoms. The van der Waals surface area contributed by atoms with E-state index in [-0.39, 0.29) is 6.54 Å². The first kappa shape index (κ1) is 14.8. The molecule has 0 aliphatic heterocycles. The van der Waals surface area contributed by atoms with E-state index in [1.165, 1.54) is 6.92 Å². The lowest BCUT2D eigenvalue weighted by Crippen LogP contribution is -2.34. The molecular formula is C11H12BrClN2O3. The van der Waals surface area contributed by atoms with Gasteiger partial charge in [-0.1, -0.05) is 18.5 Å². The van der Waals surface area contributed by atoms with Gasteiger partial charge in [-0.05, 0) is 34.1 Å². The summed E-state index contributed by atoms with van der Waals surface area (Å²) in [5.74, 6) is -1.59. The molecule has 1 aromatic carbocycles. The monoisotopic (exact) mass is 334 g/mol. The summed E-state index contributed by atoms with van der Waals surface area (Å²) in [6, 6.07) is 4.48. The van der Waals surface area contributed by atoms with Gasteiger partial charge in [0.05, 0.1) is 10.9 Å². The summed E-state index contributed by atoms with van der Waals surface area (Å²) in [5, 5.41) is 14.2. The molecule has 98 valence electrons. The lowest BCUT2D eigenvalue weighted by molar-refractivity contribution is -0.140. The van der Waals surface area contributed by atoms with Gasteiger partial charge in [-0.3, -0.25) is 4.79 Å². The zero-order valence-corrected chi connectivity index (χ0v) is 11.9. The van der Waals surface area contributed by atoms with Crippen molar-refractivity contribution in [3.05, 3.63) is 27.7 Å². The average molecular weight is 336 g/mol. The molecule has 0 saturated heterocycles. The molecule has 18 heavy (non-hydrogen) atoms. The molecule has 0 aromatic heterocycles. The lowest BCUT2D eigenvalue weighted by Gasteiger charge is -2.10. The van der Waals surface area contributed by atoms with Gasteiger partial charge in [-0.25, -0.2) is 4.79 Å². The van der Waals surface area contributed by atoms with Crippen LogP contribution in [0.15, 0.2) is 22.7 Å². The first-order chi connectivity index (χ1) is 8.40. The van der Waals surface area contributed by atoms with Crippen molar-refractivity contribution < 1.29 is 14.7 Å². The molecule has 1 rings (SSSR count). The van der Waals surface area contributed by atoms with Crippen LogP contribution < -0.4 is 10.6 Å². The second-order valence-electron chi connectivity index (χ2n) is 3.70. The fourth-order valence-electron chi connectivity index (χ4n) is 1.08. The number of urea groups is 1. The van der Waals surface area contributed by atoms with Gasteiger partial charge in [-0.15, -0.1) is 0 Å². The second kappa shape index (κ2) is 6.61. The minimum absolute atomic E-state index is 0.0654. The van der Waals surface area contributed by atoms with Crippen LogP contribution in [0.1, 0.15) is 6.92 Å². The molecule has 0 saturated carbocycles. The van der Waals surface area contributed by atoms with E-state index in [0.29, 0.717) is 15.2 Å². The Morgan fingerprint density at radius 1 is 1.50 bits per heavy atom. The predicted molar refractivity (Wildman–Crippen MR) is 73.0 cm³/mol. The molecule has 5 nitrogen and oxygen atoms in total. The van der Waals surface area contributed by atoms with E-state index >= 15 is 0 Å². The number of aliphatic carboxylic acids is 1. The van der Waals surface area contributed by atoms with E-state index in [1.807, 2.05) is 0 Å². The van der Waals surface area contributed by atoms with Crippen molar-refractivity contribution in [3.63, 3.8) is 0 Å². The number of carboxylic acid groups (broad SMARTS) is 1. The fourth-order valence-corrected chi connectivity index (χ4v) is 1.58. The number of hydrogen-bond acceptors (Lipinski definition) is 2. The third-order valence-corrected chi connectivity index (χ3v) is 3.38. The molecular weight excluding hydrogens is 323 g/mol. The number of carboxylic acids is 1. The Balaban J connectivity index is 2.49. The molecule has 1 aromatic rings. The summed E-state index contributed by atoms with van der Waals surface area (Å²) in [5.41, 5.74) is 0.562. The van der Waals surface area contributed by atoms with Gasteiger partial charge in [0.2, 0.25) is 0 Å². The van der Waals surface area contributed by atoms with Crippen molar-refractivity contribution in [2.45, 2.75) is 6.92 Å². The molecule has 0 aliphatic rings. The van der Waals surface area contributed by atoms with Crippen molar-refractivity contribution in [2.24, 2.45) is 5.92 Å². The third-order valence-electron chi connectivity index (χ3n) is 2.17. The molecule has 2 amide bonds. The average Bonchev–Trinajstić information content (AvgIpc) is 2.30. The summed E-state index contributed by atoms with van der Waals surface area (Å²) >= 11 is 9.05. The Morgan fingerprint density at radius 3 is 2.72 bits per heavy atom. The maximum atomic E-state index is 11.5. The largest absolute Gasteiger partial charge is 0.481 e. The summed E-state index contributed by atoms with van der Waals surface area (Å²) in [4.78, 5) is 22.0. The zero-order chi connectivity index (χ0) is 13.7. The Morgan fingerprint density at radius 2 is 2.17 bits per heavy atom. The SMILES string of the molecule is CC(CNC(=O)Nc1ccc(Cl)c(Br)c1)C(=O)O. The maximum absolute atomic E-state index is 11.5. The number of rotatable bonds is 4. The normalized spacial score (nSPS) is 11.7. The minimum Gasteiger partial charge on any atom is -0.481 e. The van der Waals surface area contributed by atoms with Crippen LogP contribution in [0.5, 0.6) is 0 Å². The van der Waals surface area contributed by atoms with Crippen molar-refractivity contribution in [1.29, 1.82) is 0 Å². The van der Waals surface area contributed by atoms with Crippen molar-refractivity contribution in [2.75, 3.05) is 11.9 Å². The highest BCUT2D eigenvalue weighted by atomic mass is 79.9. The van der Waals surface area contributed by atoms with Crippen molar-refractivity contribution >= 4 is 45.2 Å². The van der Waals surface area contributed by atoms with E-state index in [0.717, 1.165) is 0 Å². The Kier molecular flexibility index (Phi) is 5.43. The molecule has 0 fully saturated rings. The third kappa shape index (κ3) is 4.54. The van der Waals surface area contributed by atoms with Gasteiger partial charge in [0.15, 0.2) is 0 Å². The maximum Gasteiger partial charge on any atom is 0.319 e. The van der Waals surface area contributed by atoms with Crippen LogP contribution in [-0.4, -0.2) is 23.7 Å². The van der Waals surface area contributed by atoms with Crippen LogP contribution in [0.25, 0.3) is 0 Å². The van der Waals surface area contributed by atoms with Gasteiger partial charge in [-0.2, -0.15) is 0 Å².